The minimum atomic E-state index is -4.68. The highest BCUT2D eigenvalue weighted by molar-refractivity contribution is 6.03. The van der Waals surface area contributed by atoms with Crippen molar-refractivity contribution in [1.82, 2.24) is 35.2 Å². The molecule has 2 saturated heterocycles. The second kappa shape index (κ2) is 16.2. The molecule has 2 aliphatic heterocycles. The number of ether oxygens (including phenoxy) is 1. The maximum atomic E-state index is 13.2. The van der Waals surface area contributed by atoms with Crippen LogP contribution in [0.2, 0.25) is 0 Å². The molecule has 4 unspecified atom stereocenters. The maximum absolute atomic E-state index is 13.2. The lowest BCUT2D eigenvalue weighted by Gasteiger charge is -2.31. The molecule has 282 valence electrons. The lowest BCUT2D eigenvalue weighted by molar-refractivity contribution is -0.141. The van der Waals surface area contributed by atoms with Crippen LogP contribution in [0.25, 0.3) is 5.65 Å². The number of nitrogens with zero attached hydrogens (tertiary/aromatic N) is 4. The Kier molecular flexibility index (Phi) is 11.7. The van der Waals surface area contributed by atoms with Crippen LogP contribution in [0.15, 0.2) is 36.7 Å². The Balaban J connectivity index is 1.01. The van der Waals surface area contributed by atoms with Crippen LogP contribution in [0.3, 0.4) is 0 Å². The molecule has 3 aromatic rings. The summed E-state index contributed by atoms with van der Waals surface area (Å²) in [5.41, 5.74) is 0.211. The van der Waals surface area contributed by atoms with E-state index in [4.69, 9.17) is 9.72 Å². The summed E-state index contributed by atoms with van der Waals surface area (Å²) in [6.07, 6.45) is 5.09. The zero-order chi connectivity index (χ0) is 37.0. The number of rotatable bonds is 10. The normalized spacial score (nSPS) is 23.6. The van der Waals surface area contributed by atoms with E-state index in [-0.39, 0.29) is 53.3 Å². The Morgan fingerprint density at radius 3 is 2.50 bits per heavy atom. The number of likely N-dealkylation sites (tertiary alicyclic amines) is 1. The number of amides is 3. The number of fused-ring (bicyclic) bond motifs is 1. The van der Waals surface area contributed by atoms with Crippen LogP contribution in [0.4, 0.5) is 18.9 Å². The van der Waals surface area contributed by atoms with E-state index in [1.54, 1.807) is 16.7 Å². The number of anilines is 1. The molecular formula is C36H47F3N8O5. The van der Waals surface area contributed by atoms with Gasteiger partial charge in [0.15, 0.2) is 0 Å². The number of hydrogen-bond donors (Lipinski definition) is 5. The largest absolute Gasteiger partial charge is 0.489 e. The molecule has 0 bridgehead atoms. The Morgan fingerprint density at radius 2 is 1.77 bits per heavy atom. The summed E-state index contributed by atoms with van der Waals surface area (Å²) in [4.78, 5) is 48.7. The van der Waals surface area contributed by atoms with Crippen molar-refractivity contribution in [1.29, 1.82) is 0 Å². The molecule has 1 aliphatic carbocycles. The van der Waals surface area contributed by atoms with Gasteiger partial charge in [-0.1, -0.05) is 6.07 Å². The lowest BCUT2D eigenvalue weighted by Crippen LogP contribution is -2.54. The molecule has 3 aromatic heterocycles. The van der Waals surface area contributed by atoms with E-state index >= 15 is 0 Å². The molecule has 0 spiro atoms. The van der Waals surface area contributed by atoms with Gasteiger partial charge in [-0.15, -0.1) is 0 Å². The van der Waals surface area contributed by atoms with Crippen LogP contribution < -0.4 is 26.0 Å². The maximum Gasteiger partial charge on any atom is 0.433 e. The van der Waals surface area contributed by atoms with Crippen molar-refractivity contribution in [3.05, 3.63) is 53.7 Å². The van der Waals surface area contributed by atoms with Gasteiger partial charge in [0.1, 0.15) is 34.7 Å². The number of aliphatic hydroxyl groups excluding tert-OH is 1. The van der Waals surface area contributed by atoms with Gasteiger partial charge in [0.05, 0.1) is 24.4 Å². The fraction of sp³-hybridized carbons (Fsp3) is 0.583. The first-order valence-electron chi connectivity index (χ1n) is 18.1. The quantitative estimate of drug-likeness (QED) is 0.195. The average Bonchev–Trinajstić information content (AvgIpc) is 3.37. The van der Waals surface area contributed by atoms with Gasteiger partial charge >= 0.3 is 6.18 Å². The number of halogens is 3. The third-order valence-corrected chi connectivity index (χ3v) is 9.95. The van der Waals surface area contributed by atoms with Gasteiger partial charge in [0.2, 0.25) is 11.8 Å². The number of carbonyl (C=O) groups excluding carboxylic acids is 3. The van der Waals surface area contributed by atoms with Crippen molar-refractivity contribution >= 4 is 29.1 Å². The molecule has 5 heterocycles. The first kappa shape index (κ1) is 37.5. The summed E-state index contributed by atoms with van der Waals surface area (Å²) in [5, 5.41) is 21.6. The zero-order valence-corrected chi connectivity index (χ0v) is 29.4. The van der Waals surface area contributed by atoms with Gasteiger partial charge in [-0.25, -0.2) is 9.97 Å². The Morgan fingerprint density at radius 1 is 1.02 bits per heavy atom. The number of aliphatic hydroxyl groups is 1. The van der Waals surface area contributed by atoms with E-state index < -0.39 is 24.0 Å². The summed E-state index contributed by atoms with van der Waals surface area (Å²) in [6, 6.07) is 4.87. The van der Waals surface area contributed by atoms with Crippen LogP contribution in [0, 0.1) is 0 Å². The van der Waals surface area contributed by atoms with E-state index in [2.05, 4.69) is 31.2 Å². The predicted octanol–water partition coefficient (Wildman–Crippen LogP) is 3.97. The minimum Gasteiger partial charge on any atom is -0.489 e. The van der Waals surface area contributed by atoms with E-state index in [0.717, 1.165) is 75.9 Å². The van der Waals surface area contributed by atoms with Gasteiger partial charge in [-0.05, 0) is 96.9 Å². The second-order valence-corrected chi connectivity index (χ2v) is 14.4. The van der Waals surface area contributed by atoms with Gasteiger partial charge in [0.25, 0.3) is 5.91 Å². The fourth-order valence-electron chi connectivity index (χ4n) is 7.29. The molecule has 13 nitrogen and oxygen atoms in total. The molecule has 4 atom stereocenters. The van der Waals surface area contributed by atoms with E-state index in [9.17, 15) is 32.7 Å². The smallest absolute Gasteiger partial charge is 0.433 e. The van der Waals surface area contributed by atoms with Gasteiger partial charge < -0.3 is 35.5 Å². The van der Waals surface area contributed by atoms with E-state index in [1.165, 1.54) is 6.07 Å². The first-order valence-corrected chi connectivity index (χ1v) is 18.1. The standard InChI is InChI=1S/C36H47F3N8O5/c1-21(2)52-29-17-31-43-27(18-47(31)19-28(29)44-34(50)25-7-4-8-30(42-25)36(37,38)39)22-13-15-46(16-14-22)20-33(49)41-24-6-3-5-23(9-10-24)40-26-11-12-32(48)45-35(26)51/h4,7-8,17-19,21-24,26,32,40,48H,3,5-6,9-16,20H2,1-2H3,(H,41,49)(H,44,50)(H,45,51). The second-order valence-electron chi connectivity index (χ2n) is 14.4. The van der Waals surface area contributed by atoms with Crippen LogP contribution in [-0.4, -0.2) is 92.2 Å². The van der Waals surface area contributed by atoms with Crippen molar-refractivity contribution in [3.8, 4) is 5.75 Å². The van der Waals surface area contributed by atoms with E-state index in [0.29, 0.717) is 30.8 Å². The van der Waals surface area contributed by atoms with Crippen molar-refractivity contribution in [2.24, 2.45) is 0 Å². The molecule has 3 amide bonds. The first-order chi connectivity index (χ1) is 24.8. The molecule has 0 aromatic carbocycles. The average molecular weight is 729 g/mol. The third-order valence-electron chi connectivity index (χ3n) is 9.95. The highest BCUT2D eigenvalue weighted by atomic mass is 19.4. The highest BCUT2D eigenvalue weighted by Gasteiger charge is 2.33. The number of aromatic nitrogens is 3. The Bertz CT molecular complexity index is 1740. The minimum absolute atomic E-state index is 0.0100. The topological polar surface area (TPSA) is 162 Å². The number of imidazole rings is 1. The summed E-state index contributed by atoms with van der Waals surface area (Å²) >= 11 is 0. The fourth-order valence-corrected chi connectivity index (χ4v) is 7.29. The van der Waals surface area contributed by atoms with Crippen LogP contribution in [0.1, 0.15) is 99.4 Å². The number of nitrogens with one attached hydrogen (secondary N) is 4. The molecule has 0 radical (unpaired) electrons. The van der Waals surface area contributed by atoms with Crippen molar-refractivity contribution in [2.45, 2.75) is 114 Å². The lowest BCUT2D eigenvalue weighted by atomic mass is 9.94. The Hall–Kier alpha value is -4.28. The van der Waals surface area contributed by atoms with Crippen molar-refractivity contribution in [3.63, 3.8) is 0 Å². The number of alkyl halides is 3. The molecule has 16 heteroatoms. The van der Waals surface area contributed by atoms with Crippen molar-refractivity contribution < 1.29 is 37.4 Å². The van der Waals surface area contributed by atoms with Gasteiger partial charge in [0, 0.05) is 36.5 Å². The van der Waals surface area contributed by atoms with Crippen LogP contribution in [-0.2, 0) is 15.8 Å². The number of pyridine rings is 2. The Labute approximate surface area is 300 Å². The van der Waals surface area contributed by atoms with Crippen LogP contribution >= 0.6 is 0 Å². The summed E-state index contributed by atoms with van der Waals surface area (Å²) in [6.45, 7) is 5.43. The third kappa shape index (κ3) is 9.58. The van der Waals surface area contributed by atoms with E-state index in [1.807, 2.05) is 20.0 Å². The molecular weight excluding hydrogens is 681 g/mol. The van der Waals surface area contributed by atoms with Crippen molar-refractivity contribution in [2.75, 3.05) is 25.0 Å². The van der Waals surface area contributed by atoms with Gasteiger partial charge in [-0.2, -0.15) is 13.2 Å². The molecule has 5 N–H and O–H groups in total. The molecule has 3 fully saturated rings. The highest BCUT2D eigenvalue weighted by Crippen LogP contribution is 2.33. The van der Waals surface area contributed by atoms with Gasteiger partial charge in [-0.3, -0.25) is 19.3 Å². The number of piperidine rings is 2. The molecule has 52 heavy (non-hydrogen) atoms. The summed E-state index contributed by atoms with van der Waals surface area (Å²) in [5.74, 6) is -0.463. The van der Waals surface area contributed by atoms with Crippen LogP contribution in [0.5, 0.6) is 5.75 Å². The molecule has 1 saturated carbocycles. The molecule has 6 rings (SSSR count). The summed E-state index contributed by atoms with van der Waals surface area (Å²) < 4.78 is 47.3. The zero-order valence-electron chi connectivity index (χ0n) is 29.4. The molecule has 3 aliphatic rings. The number of carbonyl (C=O) groups is 3. The monoisotopic (exact) mass is 728 g/mol. The number of hydrogen-bond acceptors (Lipinski definition) is 9. The summed E-state index contributed by atoms with van der Waals surface area (Å²) in [7, 11) is 0. The SMILES string of the molecule is CC(C)Oc1cc2nc(C3CCN(CC(=O)NC4CCCC(NC5CCC(O)NC5=O)CC4)CC3)cn2cc1NC(=O)c1cccc(C(F)(F)F)n1. The predicted molar refractivity (Wildman–Crippen MR) is 186 cm³/mol.